The molecule has 3 atom stereocenters. The van der Waals surface area contributed by atoms with Gasteiger partial charge >= 0.3 is 0 Å². The molecule has 1 fully saturated rings. The van der Waals surface area contributed by atoms with Gasteiger partial charge in [-0.25, -0.2) is 0 Å². The molecule has 5 heteroatoms. The van der Waals surface area contributed by atoms with Crippen molar-refractivity contribution in [2.24, 2.45) is 11.7 Å². The fourth-order valence-electron chi connectivity index (χ4n) is 2.32. The van der Waals surface area contributed by atoms with Crippen LogP contribution in [0.4, 0.5) is 0 Å². The van der Waals surface area contributed by atoms with Crippen LogP contribution in [0.2, 0.25) is 0 Å². The van der Waals surface area contributed by atoms with E-state index < -0.39 is 0 Å². The molecule has 0 radical (unpaired) electrons. The summed E-state index contributed by atoms with van der Waals surface area (Å²) in [5.74, 6) is 0.795. The Morgan fingerprint density at radius 2 is 2.24 bits per heavy atom. The topological polar surface area (TPSA) is 64.3 Å². The molecule has 3 N–H and O–H groups in total. The minimum Gasteiger partial charge on any atom is -0.380 e. The number of amides is 1. The largest absolute Gasteiger partial charge is 0.380 e. The molecule has 0 spiro atoms. The lowest BCUT2D eigenvalue weighted by Gasteiger charge is -2.27. The molecule has 102 valence electrons. The van der Waals surface area contributed by atoms with Crippen LogP contribution in [-0.4, -0.2) is 31.7 Å². The van der Waals surface area contributed by atoms with Gasteiger partial charge in [0.1, 0.15) is 0 Å². The minimum atomic E-state index is -0.152. The highest BCUT2D eigenvalue weighted by molar-refractivity contribution is 5.85. The Kier molecular flexibility index (Phi) is 8.56. The number of nitrogens with two attached hydrogens (primary N) is 1. The van der Waals surface area contributed by atoms with E-state index in [0.29, 0.717) is 19.0 Å². The number of nitrogens with one attached hydrogen (secondary N) is 1. The van der Waals surface area contributed by atoms with Crippen LogP contribution in [0.3, 0.4) is 0 Å². The first-order valence-electron chi connectivity index (χ1n) is 6.18. The molecule has 4 nitrogen and oxygen atoms in total. The molecule has 1 rings (SSSR count). The smallest absolute Gasteiger partial charge is 0.222 e. The normalized spacial score (nSPS) is 25.8. The second kappa shape index (κ2) is 8.72. The van der Waals surface area contributed by atoms with Crippen molar-refractivity contribution in [3.05, 3.63) is 0 Å². The third kappa shape index (κ3) is 6.24. The minimum absolute atomic E-state index is 0. The molecule has 1 saturated carbocycles. The van der Waals surface area contributed by atoms with E-state index >= 15 is 0 Å². The van der Waals surface area contributed by atoms with Gasteiger partial charge in [0.25, 0.3) is 0 Å². The van der Waals surface area contributed by atoms with Gasteiger partial charge in [0.2, 0.25) is 5.91 Å². The molecule has 3 unspecified atom stereocenters. The standard InChI is InChI=1S/C12H24N2O2.ClH/c1-9-4-3-5-10(6-9)14-12(15)7-11(8-13)16-2;/h9-11H,3-8,13H2,1-2H3,(H,14,15);1H. The second-order valence-electron chi connectivity index (χ2n) is 4.83. The summed E-state index contributed by atoms with van der Waals surface area (Å²) in [5.41, 5.74) is 5.48. The second-order valence-corrected chi connectivity index (χ2v) is 4.83. The Balaban J connectivity index is 0.00000256. The van der Waals surface area contributed by atoms with Gasteiger partial charge in [-0.3, -0.25) is 4.79 Å². The number of hydrogen-bond donors (Lipinski definition) is 2. The third-order valence-corrected chi connectivity index (χ3v) is 3.31. The van der Waals surface area contributed by atoms with Crippen molar-refractivity contribution in [1.29, 1.82) is 0 Å². The number of hydrogen-bond acceptors (Lipinski definition) is 3. The van der Waals surface area contributed by atoms with Crippen LogP contribution in [0.15, 0.2) is 0 Å². The summed E-state index contributed by atoms with van der Waals surface area (Å²) in [6.07, 6.45) is 4.94. The maximum absolute atomic E-state index is 11.7. The molecule has 0 aliphatic heterocycles. The Bertz CT molecular complexity index is 223. The summed E-state index contributed by atoms with van der Waals surface area (Å²) >= 11 is 0. The lowest BCUT2D eigenvalue weighted by molar-refractivity contribution is -0.124. The van der Waals surface area contributed by atoms with Crippen molar-refractivity contribution in [1.82, 2.24) is 5.32 Å². The molecule has 1 aliphatic rings. The highest BCUT2D eigenvalue weighted by Gasteiger charge is 2.21. The van der Waals surface area contributed by atoms with E-state index in [4.69, 9.17) is 10.5 Å². The Hall–Kier alpha value is -0.320. The van der Waals surface area contributed by atoms with E-state index in [-0.39, 0.29) is 24.4 Å². The third-order valence-electron chi connectivity index (χ3n) is 3.31. The number of carbonyl (C=O) groups is 1. The molecule has 0 aromatic rings. The highest BCUT2D eigenvalue weighted by atomic mass is 35.5. The summed E-state index contributed by atoms with van der Waals surface area (Å²) in [7, 11) is 1.59. The summed E-state index contributed by atoms with van der Waals surface area (Å²) in [6.45, 7) is 2.64. The van der Waals surface area contributed by atoms with Gasteiger partial charge < -0.3 is 15.8 Å². The van der Waals surface area contributed by atoms with E-state index in [1.807, 2.05) is 0 Å². The van der Waals surface area contributed by atoms with Crippen LogP contribution >= 0.6 is 12.4 Å². The van der Waals surface area contributed by atoms with Gasteiger partial charge in [-0.15, -0.1) is 12.4 Å². The fourth-order valence-corrected chi connectivity index (χ4v) is 2.32. The summed E-state index contributed by atoms with van der Waals surface area (Å²) < 4.78 is 5.09. The average molecular weight is 265 g/mol. The molecular weight excluding hydrogens is 240 g/mol. The van der Waals surface area contributed by atoms with E-state index in [9.17, 15) is 4.79 Å². The molecule has 1 aliphatic carbocycles. The van der Waals surface area contributed by atoms with Crippen LogP contribution in [-0.2, 0) is 9.53 Å². The quantitative estimate of drug-likeness (QED) is 0.790. The maximum atomic E-state index is 11.7. The van der Waals surface area contributed by atoms with Crippen molar-refractivity contribution in [2.45, 2.75) is 51.2 Å². The number of carbonyl (C=O) groups excluding carboxylic acids is 1. The molecule has 0 bridgehead atoms. The lowest BCUT2D eigenvalue weighted by atomic mass is 9.87. The van der Waals surface area contributed by atoms with Crippen LogP contribution in [0.25, 0.3) is 0 Å². The zero-order chi connectivity index (χ0) is 12.0. The summed E-state index contributed by atoms with van der Waals surface area (Å²) in [5, 5.41) is 3.07. The first kappa shape index (κ1) is 16.7. The highest BCUT2D eigenvalue weighted by Crippen LogP contribution is 2.23. The zero-order valence-electron chi connectivity index (χ0n) is 10.8. The Labute approximate surface area is 110 Å². The van der Waals surface area contributed by atoms with E-state index in [2.05, 4.69) is 12.2 Å². The molecular formula is C12H25ClN2O2. The van der Waals surface area contributed by atoms with E-state index in [1.54, 1.807) is 7.11 Å². The zero-order valence-corrected chi connectivity index (χ0v) is 11.6. The molecule has 1 amide bonds. The van der Waals surface area contributed by atoms with Gasteiger partial charge in [-0.1, -0.05) is 19.8 Å². The van der Waals surface area contributed by atoms with E-state index in [1.165, 1.54) is 12.8 Å². The molecule has 17 heavy (non-hydrogen) atoms. The Morgan fingerprint density at radius 1 is 1.53 bits per heavy atom. The fraction of sp³-hybridized carbons (Fsp3) is 0.917. The molecule has 0 heterocycles. The van der Waals surface area contributed by atoms with Crippen LogP contribution in [0, 0.1) is 5.92 Å². The van der Waals surface area contributed by atoms with Gasteiger partial charge in [-0.2, -0.15) is 0 Å². The molecule has 0 aromatic heterocycles. The van der Waals surface area contributed by atoms with Crippen LogP contribution in [0.1, 0.15) is 39.0 Å². The number of ether oxygens (including phenoxy) is 1. The van der Waals surface area contributed by atoms with E-state index in [0.717, 1.165) is 18.8 Å². The first-order chi connectivity index (χ1) is 7.65. The lowest BCUT2D eigenvalue weighted by Crippen LogP contribution is -2.40. The van der Waals surface area contributed by atoms with Gasteiger partial charge in [0.15, 0.2) is 0 Å². The average Bonchev–Trinajstić information content (AvgIpc) is 2.26. The number of methoxy groups -OCH3 is 1. The Morgan fingerprint density at radius 3 is 2.76 bits per heavy atom. The van der Waals surface area contributed by atoms with Gasteiger partial charge in [0.05, 0.1) is 12.5 Å². The monoisotopic (exact) mass is 264 g/mol. The maximum Gasteiger partial charge on any atom is 0.222 e. The van der Waals surface area contributed by atoms with Crippen molar-refractivity contribution < 1.29 is 9.53 Å². The van der Waals surface area contributed by atoms with Crippen molar-refractivity contribution in [3.63, 3.8) is 0 Å². The number of rotatable bonds is 5. The molecule has 0 saturated heterocycles. The van der Waals surface area contributed by atoms with Gasteiger partial charge in [-0.05, 0) is 18.8 Å². The SMILES string of the molecule is COC(CN)CC(=O)NC1CCCC(C)C1.Cl. The summed E-state index contributed by atoms with van der Waals surface area (Å²) in [4.78, 5) is 11.7. The van der Waals surface area contributed by atoms with Crippen LogP contribution in [0.5, 0.6) is 0 Å². The first-order valence-corrected chi connectivity index (χ1v) is 6.18. The van der Waals surface area contributed by atoms with Crippen molar-refractivity contribution in [2.75, 3.05) is 13.7 Å². The van der Waals surface area contributed by atoms with Crippen molar-refractivity contribution >= 4 is 18.3 Å². The number of halogens is 1. The summed E-state index contributed by atoms with van der Waals surface area (Å²) in [6, 6.07) is 0.353. The van der Waals surface area contributed by atoms with Gasteiger partial charge in [0, 0.05) is 19.7 Å². The molecule has 0 aromatic carbocycles. The van der Waals surface area contributed by atoms with Crippen molar-refractivity contribution in [3.8, 4) is 0 Å². The van der Waals surface area contributed by atoms with Crippen LogP contribution < -0.4 is 11.1 Å². The predicted octanol–water partition coefficient (Wildman–Crippen LogP) is 1.47. The predicted molar refractivity (Wildman–Crippen MR) is 71.3 cm³/mol.